The molecule has 4 heterocycles. The molecule has 7 nitrogen and oxygen atoms in total. The maximum Gasteiger partial charge on any atom is 0.274 e. The third-order valence-electron chi connectivity index (χ3n) is 5.39. The Kier molecular flexibility index (Phi) is 4.35. The van der Waals surface area contributed by atoms with Crippen LogP contribution < -0.4 is 0 Å². The third kappa shape index (κ3) is 3.40. The number of nitrogens with zero attached hydrogens (tertiary/aromatic N) is 6. The van der Waals surface area contributed by atoms with Crippen molar-refractivity contribution in [2.24, 2.45) is 0 Å². The van der Waals surface area contributed by atoms with E-state index in [0.29, 0.717) is 31.7 Å². The SMILES string of the molecule is Cc1cccc2nc(C(=O)N3CCc4nc(Cc5ccccc5)nn4CC3)cn12. The molecule has 146 valence electrons. The van der Waals surface area contributed by atoms with E-state index in [1.165, 1.54) is 5.56 Å². The number of aromatic nitrogens is 5. The summed E-state index contributed by atoms with van der Waals surface area (Å²) in [6, 6.07) is 16.1. The van der Waals surface area contributed by atoms with E-state index in [2.05, 4.69) is 22.2 Å². The molecule has 1 amide bonds. The number of amides is 1. The quantitative estimate of drug-likeness (QED) is 0.543. The topological polar surface area (TPSA) is 68.3 Å². The van der Waals surface area contributed by atoms with Crippen LogP contribution in [0.1, 0.15) is 33.4 Å². The van der Waals surface area contributed by atoms with Gasteiger partial charge in [0.05, 0.1) is 6.54 Å². The lowest BCUT2D eigenvalue weighted by Crippen LogP contribution is -2.34. The van der Waals surface area contributed by atoms with Crippen molar-refractivity contribution >= 4 is 11.6 Å². The number of hydrogen-bond acceptors (Lipinski definition) is 4. The predicted octanol–water partition coefficient (Wildman–Crippen LogP) is 2.52. The number of aryl methyl sites for hydroxylation is 1. The summed E-state index contributed by atoms with van der Waals surface area (Å²) in [5.74, 6) is 1.74. The van der Waals surface area contributed by atoms with Crippen LogP contribution in [0.15, 0.2) is 54.7 Å². The van der Waals surface area contributed by atoms with Crippen molar-refractivity contribution in [1.82, 2.24) is 29.0 Å². The van der Waals surface area contributed by atoms with Gasteiger partial charge in [-0.05, 0) is 24.6 Å². The molecule has 29 heavy (non-hydrogen) atoms. The van der Waals surface area contributed by atoms with Crippen LogP contribution in [0.2, 0.25) is 0 Å². The van der Waals surface area contributed by atoms with Gasteiger partial charge in [0.1, 0.15) is 17.2 Å². The highest BCUT2D eigenvalue weighted by Gasteiger charge is 2.23. The predicted molar refractivity (Wildman–Crippen MR) is 109 cm³/mol. The van der Waals surface area contributed by atoms with E-state index in [0.717, 1.165) is 29.4 Å². The summed E-state index contributed by atoms with van der Waals surface area (Å²) in [5.41, 5.74) is 3.53. The minimum Gasteiger partial charge on any atom is -0.335 e. The van der Waals surface area contributed by atoms with Gasteiger partial charge in [-0.25, -0.2) is 14.6 Å². The second-order valence-corrected chi connectivity index (χ2v) is 7.39. The van der Waals surface area contributed by atoms with Crippen molar-refractivity contribution in [2.75, 3.05) is 13.1 Å². The molecule has 4 aromatic rings. The molecule has 5 rings (SSSR count). The number of hydrogen-bond donors (Lipinski definition) is 0. The molecule has 1 aliphatic heterocycles. The standard InChI is InChI=1S/C22H22N6O/c1-16-6-5-9-20-23-18(15-27(16)20)22(29)26-11-10-21-24-19(25-28(21)13-12-26)14-17-7-3-2-4-8-17/h2-9,15H,10-14H2,1H3. The normalized spacial score (nSPS) is 14.0. The monoisotopic (exact) mass is 386 g/mol. The first-order valence-electron chi connectivity index (χ1n) is 9.88. The number of benzene rings is 1. The van der Waals surface area contributed by atoms with Crippen molar-refractivity contribution in [2.45, 2.75) is 26.3 Å². The van der Waals surface area contributed by atoms with Crippen LogP contribution in [-0.4, -0.2) is 48.0 Å². The maximum atomic E-state index is 13.0. The molecule has 0 saturated carbocycles. The highest BCUT2D eigenvalue weighted by molar-refractivity contribution is 5.93. The van der Waals surface area contributed by atoms with E-state index in [1.807, 2.05) is 63.5 Å². The Bertz CT molecular complexity index is 1150. The average Bonchev–Trinajstić information content (AvgIpc) is 3.28. The summed E-state index contributed by atoms with van der Waals surface area (Å²) in [4.78, 5) is 24.1. The summed E-state index contributed by atoms with van der Waals surface area (Å²) >= 11 is 0. The van der Waals surface area contributed by atoms with Gasteiger partial charge in [-0.3, -0.25) is 4.79 Å². The van der Waals surface area contributed by atoms with Crippen LogP contribution in [0, 0.1) is 6.92 Å². The van der Waals surface area contributed by atoms with E-state index in [1.54, 1.807) is 0 Å². The zero-order valence-electron chi connectivity index (χ0n) is 16.3. The minimum absolute atomic E-state index is 0.0386. The van der Waals surface area contributed by atoms with E-state index >= 15 is 0 Å². The molecule has 0 aliphatic carbocycles. The Labute approximate surface area is 168 Å². The fourth-order valence-electron chi connectivity index (χ4n) is 3.82. The smallest absolute Gasteiger partial charge is 0.274 e. The zero-order valence-corrected chi connectivity index (χ0v) is 16.3. The van der Waals surface area contributed by atoms with Gasteiger partial charge in [0.15, 0.2) is 5.82 Å². The molecule has 7 heteroatoms. The van der Waals surface area contributed by atoms with E-state index in [9.17, 15) is 4.79 Å². The summed E-state index contributed by atoms with van der Waals surface area (Å²) in [5, 5.41) is 4.67. The lowest BCUT2D eigenvalue weighted by molar-refractivity contribution is 0.0753. The molecule has 3 aromatic heterocycles. The number of rotatable bonds is 3. The molecule has 0 radical (unpaired) electrons. The lowest BCUT2D eigenvalue weighted by atomic mass is 10.1. The van der Waals surface area contributed by atoms with E-state index in [-0.39, 0.29) is 5.91 Å². The average molecular weight is 386 g/mol. The summed E-state index contributed by atoms with van der Waals surface area (Å²) in [6.45, 7) is 3.88. The molecule has 0 bridgehead atoms. The van der Waals surface area contributed by atoms with Crippen molar-refractivity contribution in [3.8, 4) is 0 Å². The first-order chi connectivity index (χ1) is 14.2. The van der Waals surface area contributed by atoms with Crippen LogP contribution in [0.4, 0.5) is 0 Å². The molecular weight excluding hydrogens is 364 g/mol. The van der Waals surface area contributed by atoms with Gasteiger partial charge in [0, 0.05) is 37.8 Å². The Morgan fingerprint density at radius 1 is 1.00 bits per heavy atom. The van der Waals surface area contributed by atoms with Gasteiger partial charge in [-0.2, -0.15) is 5.10 Å². The third-order valence-corrected chi connectivity index (χ3v) is 5.39. The number of fused-ring (bicyclic) bond motifs is 2. The molecule has 0 fully saturated rings. The van der Waals surface area contributed by atoms with Crippen LogP contribution in [-0.2, 0) is 19.4 Å². The summed E-state index contributed by atoms with van der Waals surface area (Å²) in [7, 11) is 0. The van der Waals surface area contributed by atoms with Crippen LogP contribution in [0.25, 0.3) is 5.65 Å². The number of carbonyl (C=O) groups is 1. The van der Waals surface area contributed by atoms with E-state index < -0.39 is 0 Å². The molecule has 1 aromatic carbocycles. The maximum absolute atomic E-state index is 13.0. The highest BCUT2D eigenvalue weighted by atomic mass is 16.2. The molecule has 0 atom stereocenters. The Morgan fingerprint density at radius 3 is 2.69 bits per heavy atom. The highest BCUT2D eigenvalue weighted by Crippen LogP contribution is 2.14. The number of carbonyl (C=O) groups excluding carboxylic acids is 1. The molecule has 0 spiro atoms. The van der Waals surface area contributed by atoms with Gasteiger partial charge < -0.3 is 9.30 Å². The van der Waals surface area contributed by atoms with E-state index in [4.69, 9.17) is 4.98 Å². The largest absolute Gasteiger partial charge is 0.335 e. The van der Waals surface area contributed by atoms with Gasteiger partial charge >= 0.3 is 0 Å². The molecule has 0 N–H and O–H groups in total. The van der Waals surface area contributed by atoms with Crippen molar-refractivity contribution in [3.05, 3.63) is 83.3 Å². The van der Waals surface area contributed by atoms with Gasteiger partial charge in [0.2, 0.25) is 0 Å². The molecule has 0 unspecified atom stereocenters. The Morgan fingerprint density at radius 2 is 1.86 bits per heavy atom. The van der Waals surface area contributed by atoms with Crippen LogP contribution in [0.3, 0.4) is 0 Å². The first-order valence-corrected chi connectivity index (χ1v) is 9.88. The lowest BCUT2D eigenvalue weighted by Gasteiger charge is -2.18. The zero-order chi connectivity index (χ0) is 19.8. The summed E-state index contributed by atoms with van der Waals surface area (Å²) in [6.07, 6.45) is 3.25. The van der Waals surface area contributed by atoms with Crippen LogP contribution in [0.5, 0.6) is 0 Å². The van der Waals surface area contributed by atoms with Gasteiger partial charge in [-0.15, -0.1) is 0 Å². The molecule has 1 aliphatic rings. The molecule has 0 saturated heterocycles. The van der Waals surface area contributed by atoms with Crippen molar-refractivity contribution < 1.29 is 4.79 Å². The molecular formula is C22H22N6O. The minimum atomic E-state index is -0.0386. The van der Waals surface area contributed by atoms with Gasteiger partial charge in [-0.1, -0.05) is 36.4 Å². The fourth-order valence-corrected chi connectivity index (χ4v) is 3.82. The Hall–Kier alpha value is -3.48. The fraction of sp³-hybridized carbons (Fsp3) is 0.273. The van der Waals surface area contributed by atoms with Crippen molar-refractivity contribution in [3.63, 3.8) is 0 Å². The summed E-state index contributed by atoms with van der Waals surface area (Å²) < 4.78 is 3.90. The Balaban J connectivity index is 1.31. The van der Waals surface area contributed by atoms with Gasteiger partial charge in [0.25, 0.3) is 5.91 Å². The van der Waals surface area contributed by atoms with Crippen LogP contribution >= 0.6 is 0 Å². The first kappa shape index (κ1) is 17.6. The number of imidazole rings is 1. The second-order valence-electron chi connectivity index (χ2n) is 7.39. The van der Waals surface area contributed by atoms with Crippen molar-refractivity contribution in [1.29, 1.82) is 0 Å². The number of pyridine rings is 1. The second kappa shape index (κ2) is 7.16.